The number of nitrogens with zero attached hydrogens (tertiary/aromatic N) is 1. The summed E-state index contributed by atoms with van der Waals surface area (Å²) in [5, 5.41) is 6.38. The minimum absolute atomic E-state index is 0.0379. The molecular weight excluding hydrogens is 270 g/mol. The minimum atomic E-state index is -0.221. The number of ether oxygens (including phenoxy) is 1. The number of hydrogen-bond acceptors (Lipinski definition) is 4. The van der Waals surface area contributed by atoms with E-state index in [2.05, 4.69) is 15.6 Å². The standard InChI is InChI=1S/C15H15N3O3/c1-21-12-3-2-9-4-10(7-16-13(9)6-12)15(20)18-11-5-14(19)17-8-11/h2-4,6-7,11H,5,8H2,1H3,(H,17,19)(H,18,20)/t11-/m1/s1. The normalized spacial score (nSPS) is 17.6. The Balaban J connectivity index is 1.80. The molecule has 2 aromatic rings. The Morgan fingerprint density at radius 3 is 3.00 bits per heavy atom. The Morgan fingerprint density at radius 2 is 2.29 bits per heavy atom. The van der Waals surface area contributed by atoms with Crippen molar-refractivity contribution in [3.8, 4) is 5.75 Å². The summed E-state index contributed by atoms with van der Waals surface area (Å²) in [5.41, 5.74) is 1.25. The molecule has 0 unspecified atom stereocenters. The second-order valence-corrected chi connectivity index (χ2v) is 4.96. The Morgan fingerprint density at radius 1 is 1.43 bits per heavy atom. The summed E-state index contributed by atoms with van der Waals surface area (Å²) in [6.07, 6.45) is 1.85. The molecule has 1 aliphatic rings. The molecule has 108 valence electrons. The van der Waals surface area contributed by atoms with E-state index >= 15 is 0 Å². The Labute approximate surface area is 121 Å². The maximum Gasteiger partial charge on any atom is 0.253 e. The van der Waals surface area contributed by atoms with E-state index in [0.717, 1.165) is 16.7 Å². The molecular formula is C15H15N3O3. The molecule has 2 N–H and O–H groups in total. The van der Waals surface area contributed by atoms with Crippen molar-refractivity contribution in [1.29, 1.82) is 0 Å². The number of amides is 2. The number of carbonyl (C=O) groups is 2. The first-order valence-corrected chi connectivity index (χ1v) is 6.67. The van der Waals surface area contributed by atoms with Gasteiger partial charge in [-0.25, -0.2) is 0 Å². The number of nitrogens with one attached hydrogen (secondary N) is 2. The third kappa shape index (κ3) is 2.79. The van der Waals surface area contributed by atoms with Gasteiger partial charge in [0, 0.05) is 30.6 Å². The van der Waals surface area contributed by atoms with Crippen molar-refractivity contribution in [2.24, 2.45) is 0 Å². The van der Waals surface area contributed by atoms with Crippen LogP contribution < -0.4 is 15.4 Å². The first-order chi connectivity index (χ1) is 10.2. The van der Waals surface area contributed by atoms with Gasteiger partial charge in [0.2, 0.25) is 5.91 Å². The highest BCUT2D eigenvalue weighted by Crippen LogP contribution is 2.19. The van der Waals surface area contributed by atoms with Crippen LogP contribution in [0.1, 0.15) is 16.8 Å². The van der Waals surface area contributed by atoms with Gasteiger partial charge in [0.15, 0.2) is 0 Å². The molecule has 0 spiro atoms. The Bertz CT molecular complexity index is 714. The quantitative estimate of drug-likeness (QED) is 0.876. The monoisotopic (exact) mass is 285 g/mol. The number of fused-ring (bicyclic) bond motifs is 1. The number of rotatable bonds is 3. The molecule has 1 aromatic carbocycles. The van der Waals surface area contributed by atoms with E-state index < -0.39 is 0 Å². The van der Waals surface area contributed by atoms with Crippen LogP contribution in [0.2, 0.25) is 0 Å². The number of benzene rings is 1. The van der Waals surface area contributed by atoms with Crippen molar-refractivity contribution in [3.63, 3.8) is 0 Å². The van der Waals surface area contributed by atoms with Crippen molar-refractivity contribution in [2.45, 2.75) is 12.5 Å². The SMILES string of the molecule is COc1ccc2cc(C(=O)N[C@H]3CNC(=O)C3)cnc2c1. The molecule has 2 amide bonds. The van der Waals surface area contributed by atoms with Crippen LogP contribution in [0.3, 0.4) is 0 Å². The van der Waals surface area contributed by atoms with Crippen molar-refractivity contribution in [3.05, 3.63) is 36.0 Å². The predicted octanol–water partition coefficient (Wildman–Crippen LogP) is 0.862. The second kappa shape index (κ2) is 5.40. The highest BCUT2D eigenvalue weighted by atomic mass is 16.5. The van der Waals surface area contributed by atoms with Gasteiger partial charge in [-0.15, -0.1) is 0 Å². The van der Waals surface area contributed by atoms with Gasteiger partial charge in [0.1, 0.15) is 5.75 Å². The first-order valence-electron chi connectivity index (χ1n) is 6.67. The molecule has 21 heavy (non-hydrogen) atoms. The summed E-state index contributed by atoms with van der Waals surface area (Å²) in [6.45, 7) is 0.475. The molecule has 1 aromatic heterocycles. The van der Waals surface area contributed by atoms with E-state index in [1.165, 1.54) is 6.20 Å². The second-order valence-electron chi connectivity index (χ2n) is 4.96. The average Bonchev–Trinajstić information content (AvgIpc) is 2.91. The van der Waals surface area contributed by atoms with Crippen molar-refractivity contribution < 1.29 is 14.3 Å². The number of aromatic nitrogens is 1. The molecule has 0 saturated carbocycles. The molecule has 0 radical (unpaired) electrons. The van der Waals surface area contributed by atoms with Crippen LogP contribution in [-0.2, 0) is 4.79 Å². The van der Waals surface area contributed by atoms with Crippen molar-refractivity contribution in [2.75, 3.05) is 13.7 Å². The summed E-state index contributed by atoms with van der Waals surface area (Å²) in [6, 6.07) is 7.12. The molecule has 0 bridgehead atoms. The predicted molar refractivity (Wildman–Crippen MR) is 77.2 cm³/mol. The minimum Gasteiger partial charge on any atom is -0.497 e. The summed E-state index contributed by atoms with van der Waals surface area (Å²) in [7, 11) is 1.60. The molecule has 1 saturated heterocycles. The van der Waals surface area contributed by atoms with E-state index in [0.29, 0.717) is 18.5 Å². The lowest BCUT2D eigenvalue weighted by Gasteiger charge is -2.10. The summed E-state index contributed by atoms with van der Waals surface area (Å²) in [4.78, 5) is 27.6. The van der Waals surface area contributed by atoms with Crippen molar-refractivity contribution in [1.82, 2.24) is 15.6 Å². The third-order valence-electron chi connectivity index (χ3n) is 3.47. The molecule has 2 heterocycles. The van der Waals surface area contributed by atoms with E-state index in [1.807, 2.05) is 18.2 Å². The molecule has 6 heteroatoms. The fourth-order valence-corrected chi connectivity index (χ4v) is 2.33. The highest BCUT2D eigenvalue weighted by Gasteiger charge is 2.23. The number of methoxy groups -OCH3 is 1. The van der Waals surface area contributed by atoms with Crippen LogP contribution in [0.15, 0.2) is 30.5 Å². The molecule has 1 aliphatic heterocycles. The van der Waals surface area contributed by atoms with E-state index in [1.54, 1.807) is 13.2 Å². The zero-order valence-corrected chi connectivity index (χ0v) is 11.6. The van der Waals surface area contributed by atoms with Gasteiger partial charge in [0.05, 0.1) is 24.2 Å². The van der Waals surface area contributed by atoms with Crippen LogP contribution in [0.25, 0.3) is 10.9 Å². The Hall–Kier alpha value is -2.63. The molecule has 1 fully saturated rings. The summed E-state index contributed by atoms with van der Waals surface area (Å²) in [5.74, 6) is 0.466. The number of carbonyl (C=O) groups excluding carboxylic acids is 2. The van der Waals surface area contributed by atoms with Gasteiger partial charge in [-0.2, -0.15) is 0 Å². The van der Waals surface area contributed by atoms with E-state index in [9.17, 15) is 9.59 Å². The van der Waals surface area contributed by atoms with Gasteiger partial charge in [-0.1, -0.05) is 0 Å². The van der Waals surface area contributed by atoms with Crippen LogP contribution in [-0.4, -0.2) is 36.5 Å². The topological polar surface area (TPSA) is 80.3 Å². The summed E-state index contributed by atoms with van der Waals surface area (Å²) < 4.78 is 5.14. The van der Waals surface area contributed by atoms with Crippen LogP contribution in [0.5, 0.6) is 5.75 Å². The van der Waals surface area contributed by atoms with Crippen LogP contribution in [0.4, 0.5) is 0 Å². The first kappa shape index (κ1) is 13.4. The van der Waals surface area contributed by atoms with Gasteiger partial charge in [-0.05, 0) is 18.2 Å². The molecule has 3 rings (SSSR count). The van der Waals surface area contributed by atoms with Crippen LogP contribution >= 0.6 is 0 Å². The van der Waals surface area contributed by atoms with E-state index in [-0.39, 0.29) is 17.9 Å². The Kier molecular flexibility index (Phi) is 3.43. The zero-order valence-electron chi connectivity index (χ0n) is 11.6. The van der Waals surface area contributed by atoms with Gasteiger partial charge in [-0.3, -0.25) is 14.6 Å². The molecule has 1 atom stereocenters. The lowest BCUT2D eigenvalue weighted by Crippen LogP contribution is -2.36. The maximum atomic E-state index is 12.2. The number of pyridine rings is 1. The van der Waals surface area contributed by atoms with Gasteiger partial charge < -0.3 is 15.4 Å². The lowest BCUT2D eigenvalue weighted by atomic mass is 10.1. The van der Waals surface area contributed by atoms with Crippen molar-refractivity contribution >= 4 is 22.7 Å². The van der Waals surface area contributed by atoms with Gasteiger partial charge >= 0.3 is 0 Å². The fraction of sp³-hybridized carbons (Fsp3) is 0.267. The molecule has 0 aliphatic carbocycles. The third-order valence-corrected chi connectivity index (χ3v) is 3.47. The zero-order chi connectivity index (χ0) is 14.8. The van der Waals surface area contributed by atoms with Gasteiger partial charge in [0.25, 0.3) is 5.91 Å². The van der Waals surface area contributed by atoms with Crippen LogP contribution in [0, 0.1) is 0 Å². The largest absolute Gasteiger partial charge is 0.497 e. The lowest BCUT2D eigenvalue weighted by molar-refractivity contribution is -0.119. The fourth-order valence-electron chi connectivity index (χ4n) is 2.33. The maximum absolute atomic E-state index is 12.2. The number of hydrogen-bond donors (Lipinski definition) is 2. The molecule has 6 nitrogen and oxygen atoms in total. The average molecular weight is 285 g/mol. The summed E-state index contributed by atoms with van der Waals surface area (Å²) >= 11 is 0. The highest BCUT2D eigenvalue weighted by molar-refractivity contribution is 5.98. The van der Waals surface area contributed by atoms with E-state index in [4.69, 9.17) is 4.74 Å². The smallest absolute Gasteiger partial charge is 0.253 e.